The SMILES string of the molecule is COc1cc([C@@H]2[C@@H]3CCCN3[C@]3(C(=O)Nc4ccccc43)[C@@H]2[N+](=O)[O-])cc(Br)c1OCc1cccc(F)c1. The molecule has 0 aromatic heterocycles. The average Bonchev–Trinajstić information content (AvgIpc) is 3.56. The van der Waals surface area contributed by atoms with Crippen molar-refractivity contribution in [1.82, 2.24) is 4.90 Å². The molecule has 3 heterocycles. The first-order valence-electron chi connectivity index (χ1n) is 12.4. The number of hydrogen-bond donors (Lipinski definition) is 1. The molecule has 1 N–H and O–H groups in total. The molecule has 0 radical (unpaired) electrons. The lowest BCUT2D eigenvalue weighted by atomic mass is 9.77. The predicted octanol–water partition coefficient (Wildman–Crippen LogP) is 5.23. The number of nitrogens with zero attached hydrogens (tertiary/aromatic N) is 2. The summed E-state index contributed by atoms with van der Waals surface area (Å²) in [7, 11) is 1.50. The van der Waals surface area contributed by atoms with E-state index in [-0.39, 0.29) is 29.3 Å². The number of hydrogen-bond acceptors (Lipinski definition) is 6. The van der Waals surface area contributed by atoms with Gasteiger partial charge in [-0.3, -0.25) is 19.8 Å². The summed E-state index contributed by atoms with van der Waals surface area (Å²) in [5, 5.41) is 15.7. The van der Waals surface area contributed by atoms with Crippen LogP contribution in [-0.2, 0) is 16.9 Å². The van der Waals surface area contributed by atoms with E-state index in [1.165, 1.54) is 19.2 Å². The molecular weight excluding hydrogens is 557 g/mol. The van der Waals surface area contributed by atoms with E-state index in [1.807, 2.05) is 29.2 Å². The summed E-state index contributed by atoms with van der Waals surface area (Å²) in [6, 6.07) is 15.6. The Labute approximate surface area is 227 Å². The molecule has 196 valence electrons. The van der Waals surface area contributed by atoms with Gasteiger partial charge in [-0.1, -0.05) is 30.3 Å². The Morgan fingerprint density at radius 1 is 1.21 bits per heavy atom. The monoisotopic (exact) mass is 581 g/mol. The van der Waals surface area contributed by atoms with Crippen molar-refractivity contribution < 1.29 is 23.6 Å². The molecule has 38 heavy (non-hydrogen) atoms. The molecule has 1 spiro atoms. The van der Waals surface area contributed by atoms with Gasteiger partial charge < -0.3 is 14.8 Å². The van der Waals surface area contributed by atoms with Gasteiger partial charge in [-0.05, 0) is 70.2 Å². The number of carbonyl (C=O) groups excluding carboxylic acids is 1. The molecule has 0 saturated carbocycles. The summed E-state index contributed by atoms with van der Waals surface area (Å²) in [5.74, 6) is -0.456. The van der Waals surface area contributed by atoms with Crippen LogP contribution in [0.25, 0.3) is 0 Å². The second kappa shape index (κ2) is 9.36. The Bertz CT molecular complexity index is 1450. The number of nitro groups is 1. The molecule has 6 rings (SSSR count). The van der Waals surface area contributed by atoms with Crippen LogP contribution in [0, 0.1) is 15.9 Å². The van der Waals surface area contributed by atoms with Crippen LogP contribution in [-0.4, -0.2) is 41.5 Å². The number of fused-ring (bicyclic) bond motifs is 4. The van der Waals surface area contributed by atoms with Gasteiger partial charge in [0.05, 0.1) is 17.5 Å². The van der Waals surface area contributed by atoms with E-state index in [4.69, 9.17) is 9.47 Å². The third-order valence-electron chi connectivity index (χ3n) is 8.00. The highest BCUT2D eigenvalue weighted by atomic mass is 79.9. The van der Waals surface area contributed by atoms with Crippen LogP contribution in [0.1, 0.15) is 35.4 Å². The van der Waals surface area contributed by atoms with Crippen molar-refractivity contribution in [1.29, 1.82) is 0 Å². The van der Waals surface area contributed by atoms with Gasteiger partial charge in [-0.2, -0.15) is 0 Å². The number of carbonyl (C=O) groups is 1. The number of nitrogens with one attached hydrogen (secondary N) is 1. The zero-order valence-corrected chi connectivity index (χ0v) is 22.1. The number of para-hydroxylation sites is 1. The standard InChI is InChI=1S/C28H25BrFN3O5/c1-37-23-14-17(13-20(29)25(23)38-15-16-6-4-7-18(30)12-16)24-22-10-5-11-32(22)28(26(24)33(35)36)19-8-2-3-9-21(19)31-27(28)34/h2-4,6-9,12-14,22,24,26H,5,10-11,15H2,1H3,(H,31,34)/t22-,24+,26+,28-/m0/s1. The molecule has 2 saturated heterocycles. The van der Waals surface area contributed by atoms with Gasteiger partial charge in [-0.15, -0.1) is 0 Å². The van der Waals surface area contributed by atoms with E-state index >= 15 is 0 Å². The first-order chi connectivity index (χ1) is 18.4. The van der Waals surface area contributed by atoms with Crippen molar-refractivity contribution >= 4 is 27.5 Å². The van der Waals surface area contributed by atoms with Crippen LogP contribution in [0.3, 0.4) is 0 Å². The molecule has 0 aliphatic carbocycles. The Hall–Kier alpha value is -3.50. The number of benzene rings is 3. The topological polar surface area (TPSA) is 93.9 Å². The minimum Gasteiger partial charge on any atom is -0.493 e. The van der Waals surface area contributed by atoms with Gasteiger partial charge in [-0.25, -0.2) is 4.39 Å². The Balaban J connectivity index is 1.43. The molecule has 2 fully saturated rings. The zero-order chi connectivity index (χ0) is 26.6. The van der Waals surface area contributed by atoms with Crippen molar-refractivity contribution in [2.75, 3.05) is 19.0 Å². The van der Waals surface area contributed by atoms with Crippen LogP contribution in [0.4, 0.5) is 10.1 Å². The quantitative estimate of drug-likeness (QED) is 0.316. The third-order valence-corrected chi connectivity index (χ3v) is 8.59. The van der Waals surface area contributed by atoms with E-state index in [2.05, 4.69) is 21.2 Å². The molecular formula is C28H25BrFN3O5. The first kappa shape index (κ1) is 24.8. The fourth-order valence-electron chi connectivity index (χ4n) is 6.63. The third kappa shape index (κ3) is 3.61. The van der Waals surface area contributed by atoms with E-state index in [0.717, 1.165) is 12.8 Å². The van der Waals surface area contributed by atoms with Crippen molar-refractivity contribution in [3.8, 4) is 11.5 Å². The molecule has 0 bridgehead atoms. The fourth-order valence-corrected chi connectivity index (χ4v) is 7.20. The number of amides is 1. The highest BCUT2D eigenvalue weighted by Crippen LogP contribution is 2.58. The van der Waals surface area contributed by atoms with E-state index in [0.29, 0.717) is 44.9 Å². The number of anilines is 1. The van der Waals surface area contributed by atoms with Gasteiger partial charge in [0.25, 0.3) is 11.9 Å². The largest absolute Gasteiger partial charge is 0.493 e. The Kier molecular flexibility index (Phi) is 6.11. The van der Waals surface area contributed by atoms with Gasteiger partial charge in [0.15, 0.2) is 17.0 Å². The normalized spacial score (nSPS) is 25.8. The minimum atomic E-state index is -1.39. The average molecular weight is 582 g/mol. The van der Waals surface area contributed by atoms with Gasteiger partial charge in [0, 0.05) is 28.8 Å². The van der Waals surface area contributed by atoms with E-state index in [9.17, 15) is 19.3 Å². The molecule has 10 heteroatoms. The minimum absolute atomic E-state index is 0.115. The predicted molar refractivity (Wildman–Crippen MR) is 141 cm³/mol. The number of halogens is 2. The summed E-state index contributed by atoms with van der Waals surface area (Å²) in [5.41, 5.74) is 1.23. The number of rotatable bonds is 6. The van der Waals surface area contributed by atoms with Crippen molar-refractivity contribution in [3.63, 3.8) is 0 Å². The van der Waals surface area contributed by atoms with Crippen LogP contribution in [0.5, 0.6) is 11.5 Å². The van der Waals surface area contributed by atoms with Crippen LogP contribution in [0.15, 0.2) is 65.1 Å². The van der Waals surface area contributed by atoms with E-state index < -0.39 is 17.5 Å². The maximum Gasteiger partial charge on any atom is 0.256 e. The molecule has 1 amide bonds. The molecule has 3 aliphatic heterocycles. The number of ether oxygens (including phenoxy) is 2. The van der Waals surface area contributed by atoms with Crippen LogP contribution in [0.2, 0.25) is 0 Å². The van der Waals surface area contributed by atoms with Crippen molar-refractivity contribution in [3.05, 3.63) is 97.8 Å². The fraction of sp³-hybridized carbons (Fsp3) is 0.321. The second-order valence-electron chi connectivity index (χ2n) is 9.88. The summed E-state index contributed by atoms with van der Waals surface area (Å²) in [6.45, 7) is 0.712. The van der Waals surface area contributed by atoms with Crippen molar-refractivity contribution in [2.24, 2.45) is 0 Å². The second-order valence-corrected chi connectivity index (χ2v) is 10.7. The summed E-state index contributed by atoms with van der Waals surface area (Å²) in [6.07, 6.45) is 1.58. The van der Waals surface area contributed by atoms with E-state index in [1.54, 1.807) is 24.3 Å². The zero-order valence-electron chi connectivity index (χ0n) is 20.5. The highest BCUT2D eigenvalue weighted by Gasteiger charge is 2.73. The molecule has 3 aromatic carbocycles. The van der Waals surface area contributed by atoms with Crippen LogP contribution < -0.4 is 14.8 Å². The summed E-state index contributed by atoms with van der Waals surface area (Å²) < 4.78 is 25.8. The van der Waals surface area contributed by atoms with Crippen LogP contribution >= 0.6 is 15.9 Å². The Morgan fingerprint density at radius 3 is 2.79 bits per heavy atom. The number of methoxy groups -OCH3 is 1. The van der Waals surface area contributed by atoms with Gasteiger partial charge in [0.1, 0.15) is 12.4 Å². The van der Waals surface area contributed by atoms with Crippen molar-refractivity contribution in [2.45, 2.75) is 43.0 Å². The maximum absolute atomic E-state index is 13.6. The molecule has 3 aromatic rings. The summed E-state index contributed by atoms with van der Waals surface area (Å²) in [4.78, 5) is 28.2. The molecule has 0 unspecified atom stereocenters. The Morgan fingerprint density at radius 2 is 2.03 bits per heavy atom. The van der Waals surface area contributed by atoms with Gasteiger partial charge >= 0.3 is 0 Å². The molecule has 8 nitrogen and oxygen atoms in total. The maximum atomic E-state index is 13.6. The highest BCUT2D eigenvalue weighted by molar-refractivity contribution is 9.10. The lowest BCUT2D eigenvalue weighted by Crippen LogP contribution is -2.55. The molecule has 3 aliphatic rings. The van der Waals surface area contributed by atoms with Gasteiger partial charge in [0.2, 0.25) is 0 Å². The first-order valence-corrected chi connectivity index (χ1v) is 13.2. The lowest BCUT2D eigenvalue weighted by Gasteiger charge is -2.32. The summed E-state index contributed by atoms with van der Waals surface area (Å²) >= 11 is 3.57. The smallest absolute Gasteiger partial charge is 0.256 e. The molecule has 4 atom stereocenters. The lowest BCUT2D eigenvalue weighted by molar-refractivity contribution is -0.534.